The molecule has 0 unspecified atom stereocenters. The number of pyridine rings is 1. The molecule has 0 aliphatic carbocycles. The molecule has 0 spiro atoms. The lowest BCUT2D eigenvalue weighted by Crippen LogP contribution is -2.34. The van der Waals surface area contributed by atoms with Crippen molar-refractivity contribution >= 4 is 11.7 Å². The summed E-state index contributed by atoms with van der Waals surface area (Å²) >= 11 is 0. The van der Waals surface area contributed by atoms with E-state index >= 15 is 0 Å². The van der Waals surface area contributed by atoms with Gasteiger partial charge in [0.05, 0.1) is 0 Å². The third kappa shape index (κ3) is 5.26. The Morgan fingerprint density at radius 3 is 2.82 bits per heavy atom. The van der Waals surface area contributed by atoms with Crippen LogP contribution in [0.4, 0.5) is 0 Å². The Kier molecular flexibility index (Phi) is 6.16. The van der Waals surface area contributed by atoms with Gasteiger partial charge in [-0.2, -0.15) is 0 Å². The van der Waals surface area contributed by atoms with E-state index in [0.717, 1.165) is 5.56 Å². The van der Waals surface area contributed by atoms with Crippen LogP contribution in [0.25, 0.3) is 0 Å². The molecule has 0 aliphatic heterocycles. The zero-order valence-electron chi connectivity index (χ0n) is 15.7. The molecule has 0 saturated heterocycles. The second-order valence-electron chi connectivity index (χ2n) is 6.49. The molecule has 0 fully saturated rings. The number of ketones is 1. The molecule has 0 aliphatic rings. The second-order valence-corrected chi connectivity index (χ2v) is 6.49. The summed E-state index contributed by atoms with van der Waals surface area (Å²) in [5, 5.41) is 6.68. The van der Waals surface area contributed by atoms with Gasteiger partial charge in [0.2, 0.25) is 0 Å². The first-order valence-electron chi connectivity index (χ1n) is 8.90. The lowest BCUT2D eigenvalue weighted by molar-refractivity contribution is 0.0930. The maximum atomic E-state index is 12.3. The van der Waals surface area contributed by atoms with Crippen molar-refractivity contribution in [2.45, 2.75) is 32.9 Å². The van der Waals surface area contributed by atoms with Crippen LogP contribution in [0.2, 0.25) is 0 Å². The number of rotatable bonds is 8. The van der Waals surface area contributed by atoms with Gasteiger partial charge in [0.25, 0.3) is 5.91 Å². The summed E-state index contributed by atoms with van der Waals surface area (Å²) in [5.74, 6) is 0.605. The predicted molar refractivity (Wildman–Crippen MR) is 102 cm³/mol. The average Bonchev–Trinajstić information content (AvgIpc) is 3.16. The largest absolute Gasteiger partial charge is 0.486 e. The fraction of sp³-hybridized carbons (Fsp3) is 0.238. The van der Waals surface area contributed by atoms with E-state index in [4.69, 9.17) is 9.26 Å². The first-order chi connectivity index (χ1) is 13.5. The van der Waals surface area contributed by atoms with Crippen molar-refractivity contribution in [2.75, 3.05) is 0 Å². The first-order valence-corrected chi connectivity index (χ1v) is 8.90. The number of hydrogen-bond acceptors (Lipinski definition) is 6. The number of amides is 1. The number of ether oxygens (including phenoxy) is 1. The molecule has 1 amide bonds. The Morgan fingerprint density at radius 2 is 2.07 bits per heavy atom. The molecule has 0 radical (unpaired) electrons. The van der Waals surface area contributed by atoms with Crippen LogP contribution in [-0.4, -0.2) is 27.9 Å². The van der Waals surface area contributed by atoms with Crippen molar-refractivity contribution in [1.29, 1.82) is 0 Å². The summed E-state index contributed by atoms with van der Waals surface area (Å²) in [5.41, 5.74) is 1.80. The molecule has 7 heteroatoms. The number of benzene rings is 1. The zero-order chi connectivity index (χ0) is 19.9. The molecule has 7 nitrogen and oxygen atoms in total. The van der Waals surface area contributed by atoms with E-state index in [1.165, 1.54) is 6.92 Å². The van der Waals surface area contributed by atoms with E-state index in [1.54, 1.807) is 42.7 Å². The number of Topliss-reactive ketones (excluding diaryl/α,β-unsaturated/α-hetero) is 1. The van der Waals surface area contributed by atoms with Crippen LogP contribution < -0.4 is 10.1 Å². The monoisotopic (exact) mass is 379 g/mol. The number of carbonyl (C=O) groups excluding carboxylic acids is 2. The molecule has 0 saturated carbocycles. The predicted octanol–water partition coefficient (Wildman–Crippen LogP) is 3.21. The highest BCUT2D eigenvalue weighted by molar-refractivity contribution is 5.94. The number of nitrogens with zero attached hydrogens (tertiary/aromatic N) is 2. The minimum absolute atomic E-state index is 0.0375. The maximum Gasteiger partial charge on any atom is 0.273 e. The summed E-state index contributed by atoms with van der Waals surface area (Å²) in [4.78, 5) is 27.8. The molecule has 144 valence electrons. The van der Waals surface area contributed by atoms with Gasteiger partial charge in [0, 0.05) is 30.1 Å². The van der Waals surface area contributed by atoms with Gasteiger partial charge in [-0.25, -0.2) is 0 Å². The normalized spacial score (nSPS) is 11.6. The molecule has 28 heavy (non-hydrogen) atoms. The number of nitrogens with one attached hydrogen (secondary N) is 1. The third-order valence-electron chi connectivity index (χ3n) is 4.06. The van der Waals surface area contributed by atoms with E-state index in [-0.39, 0.29) is 30.0 Å². The number of aromatic nitrogens is 2. The van der Waals surface area contributed by atoms with Gasteiger partial charge in [-0.3, -0.25) is 14.6 Å². The maximum absolute atomic E-state index is 12.3. The Bertz CT molecular complexity index is 953. The minimum Gasteiger partial charge on any atom is -0.486 e. The van der Waals surface area contributed by atoms with Crippen LogP contribution in [0.5, 0.6) is 5.75 Å². The SMILES string of the molecule is CC(=O)c1cccc(OCc2cc(C(=O)N[C@H](C)Cc3cccnc3)no2)c1. The van der Waals surface area contributed by atoms with Gasteiger partial charge in [0.15, 0.2) is 17.2 Å². The van der Waals surface area contributed by atoms with Gasteiger partial charge in [-0.1, -0.05) is 23.4 Å². The molecule has 2 aromatic heterocycles. The standard InChI is InChI=1S/C21H21N3O4/c1-14(9-16-5-4-8-22-12-16)23-21(26)20-11-19(28-24-20)13-27-18-7-3-6-17(10-18)15(2)25/h3-8,10-12,14H,9,13H2,1-2H3,(H,23,26)/t14-/m1/s1. The van der Waals surface area contributed by atoms with Gasteiger partial charge in [0.1, 0.15) is 12.4 Å². The number of carbonyl (C=O) groups is 2. The van der Waals surface area contributed by atoms with Gasteiger partial charge in [-0.15, -0.1) is 0 Å². The smallest absolute Gasteiger partial charge is 0.273 e. The van der Waals surface area contributed by atoms with Gasteiger partial charge in [-0.05, 0) is 44.0 Å². The summed E-state index contributed by atoms with van der Waals surface area (Å²) in [6.07, 6.45) is 4.15. The molecule has 1 atom stereocenters. The van der Waals surface area contributed by atoms with Crippen molar-refractivity contribution in [1.82, 2.24) is 15.5 Å². The fourth-order valence-electron chi connectivity index (χ4n) is 2.67. The van der Waals surface area contributed by atoms with Gasteiger partial charge >= 0.3 is 0 Å². The summed E-state index contributed by atoms with van der Waals surface area (Å²) in [6.45, 7) is 3.51. The molecule has 0 bridgehead atoms. The third-order valence-corrected chi connectivity index (χ3v) is 4.06. The van der Waals surface area contributed by atoms with Crippen LogP contribution in [-0.2, 0) is 13.0 Å². The van der Waals surface area contributed by atoms with Crippen LogP contribution >= 0.6 is 0 Å². The molecular weight excluding hydrogens is 358 g/mol. The molecule has 3 rings (SSSR count). The Morgan fingerprint density at radius 1 is 1.21 bits per heavy atom. The number of hydrogen-bond donors (Lipinski definition) is 1. The summed E-state index contributed by atoms with van der Waals surface area (Å²) < 4.78 is 10.8. The quantitative estimate of drug-likeness (QED) is 0.604. The van der Waals surface area contributed by atoms with E-state index in [2.05, 4.69) is 15.5 Å². The molecule has 2 heterocycles. The summed E-state index contributed by atoms with van der Waals surface area (Å²) in [6, 6.07) is 12.2. The van der Waals surface area contributed by atoms with Crippen LogP contribution in [0.15, 0.2) is 59.4 Å². The lowest BCUT2D eigenvalue weighted by Gasteiger charge is -2.12. The van der Waals surface area contributed by atoms with Crippen molar-refractivity contribution in [3.05, 3.63) is 77.4 Å². The summed E-state index contributed by atoms with van der Waals surface area (Å²) in [7, 11) is 0. The molecule has 1 N–H and O–H groups in total. The van der Waals surface area contributed by atoms with E-state index in [1.807, 2.05) is 19.1 Å². The Hall–Kier alpha value is -3.48. The van der Waals surface area contributed by atoms with E-state index in [0.29, 0.717) is 23.5 Å². The molecule has 3 aromatic rings. The van der Waals surface area contributed by atoms with Crippen molar-refractivity contribution in [2.24, 2.45) is 0 Å². The lowest BCUT2D eigenvalue weighted by atomic mass is 10.1. The van der Waals surface area contributed by atoms with Crippen LogP contribution in [0, 0.1) is 0 Å². The van der Waals surface area contributed by atoms with E-state index < -0.39 is 0 Å². The molecular formula is C21H21N3O4. The minimum atomic E-state index is -0.315. The van der Waals surface area contributed by atoms with E-state index in [9.17, 15) is 9.59 Å². The Balaban J connectivity index is 1.53. The van der Waals surface area contributed by atoms with Crippen molar-refractivity contribution in [3.8, 4) is 5.75 Å². The van der Waals surface area contributed by atoms with Crippen molar-refractivity contribution < 1.29 is 18.8 Å². The fourth-order valence-corrected chi connectivity index (χ4v) is 2.67. The van der Waals surface area contributed by atoms with Crippen LogP contribution in [0.3, 0.4) is 0 Å². The zero-order valence-corrected chi connectivity index (χ0v) is 15.7. The second kappa shape index (κ2) is 8.94. The van der Waals surface area contributed by atoms with Crippen molar-refractivity contribution in [3.63, 3.8) is 0 Å². The average molecular weight is 379 g/mol. The Labute approximate surface area is 162 Å². The highest BCUT2D eigenvalue weighted by Crippen LogP contribution is 2.16. The van der Waals surface area contributed by atoms with Crippen LogP contribution in [0.1, 0.15) is 46.0 Å². The van der Waals surface area contributed by atoms with Gasteiger partial charge < -0.3 is 14.6 Å². The highest BCUT2D eigenvalue weighted by atomic mass is 16.5. The highest BCUT2D eigenvalue weighted by Gasteiger charge is 2.15. The first kappa shape index (κ1) is 19.3. The topological polar surface area (TPSA) is 94.3 Å². The molecule has 1 aromatic carbocycles.